The highest BCUT2D eigenvalue weighted by molar-refractivity contribution is 7.98. The molecule has 16 heavy (non-hydrogen) atoms. The fraction of sp³-hybridized carbons (Fsp3) is 0.667. The molecule has 2 heterocycles. The lowest BCUT2D eigenvalue weighted by atomic mass is 9.88. The van der Waals surface area contributed by atoms with Gasteiger partial charge >= 0.3 is 0 Å². The number of thioether (sulfide) groups is 1. The maximum atomic E-state index is 4.56. The summed E-state index contributed by atoms with van der Waals surface area (Å²) in [6.07, 6.45) is 4.45. The minimum absolute atomic E-state index is 0.650. The first kappa shape index (κ1) is 11.9. The summed E-state index contributed by atoms with van der Waals surface area (Å²) in [5.41, 5.74) is 3.73. The Morgan fingerprint density at radius 2 is 1.69 bits per heavy atom. The third kappa shape index (κ3) is 2.38. The molecule has 1 fully saturated rings. The van der Waals surface area contributed by atoms with Crippen LogP contribution in [0.25, 0.3) is 0 Å². The van der Waals surface area contributed by atoms with Crippen LogP contribution in [0.15, 0.2) is 5.16 Å². The lowest BCUT2D eigenvalue weighted by Gasteiger charge is -2.25. The van der Waals surface area contributed by atoms with Gasteiger partial charge in [-0.15, -0.1) is 0 Å². The van der Waals surface area contributed by atoms with E-state index in [1.54, 1.807) is 11.8 Å². The minimum atomic E-state index is 0.650. The first-order valence-electron chi connectivity index (χ1n) is 5.82. The van der Waals surface area contributed by atoms with Gasteiger partial charge in [0.15, 0.2) is 5.16 Å². The van der Waals surface area contributed by atoms with E-state index in [2.05, 4.69) is 29.1 Å². The van der Waals surface area contributed by atoms with E-state index in [-0.39, 0.29) is 0 Å². The second kappa shape index (κ2) is 5.15. The molecule has 0 saturated carbocycles. The van der Waals surface area contributed by atoms with Crippen molar-refractivity contribution in [1.82, 2.24) is 15.3 Å². The molecule has 1 aromatic heterocycles. The van der Waals surface area contributed by atoms with Crippen LogP contribution >= 0.6 is 11.8 Å². The molecule has 1 N–H and O–H groups in total. The molecule has 1 aromatic rings. The molecule has 0 aromatic carbocycles. The predicted octanol–water partition coefficient (Wildman–Crippen LogP) is 2.28. The fourth-order valence-corrected chi connectivity index (χ4v) is 2.94. The van der Waals surface area contributed by atoms with Gasteiger partial charge in [0.1, 0.15) is 0 Å². The summed E-state index contributed by atoms with van der Waals surface area (Å²) in [5.74, 6) is 0.650. The average Bonchev–Trinajstić information content (AvgIpc) is 2.29. The standard InChI is InChI=1S/C12H19N3S/c1-8-11(10-4-6-13-7-5-10)9(2)15-12(14-8)16-3/h10,13H,4-7H2,1-3H3. The van der Waals surface area contributed by atoms with Gasteiger partial charge < -0.3 is 5.32 Å². The number of hydrogen-bond acceptors (Lipinski definition) is 4. The van der Waals surface area contributed by atoms with Crippen molar-refractivity contribution in [3.05, 3.63) is 17.0 Å². The molecule has 3 nitrogen and oxygen atoms in total. The van der Waals surface area contributed by atoms with Gasteiger partial charge in [-0.2, -0.15) is 0 Å². The van der Waals surface area contributed by atoms with E-state index in [9.17, 15) is 0 Å². The van der Waals surface area contributed by atoms with Crippen LogP contribution in [0.3, 0.4) is 0 Å². The first-order valence-corrected chi connectivity index (χ1v) is 7.04. The molecule has 4 heteroatoms. The Hall–Kier alpha value is -0.610. The van der Waals surface area contributed by atoms with Crippen molar-refractivity contribution in [3.63, 3.8) is 0 Å². The maximum absolute atomic E-state index is 4.56. The van der Waals surface area contributed by atoms with Crippen LogP contribution < -0.4 is 5.32 Å². The highest BCUT2D eigenvalue weighted by atomic mass is 32.2. The second-order valence-corrected chi connectivity index (χ2v) is 5.09. The monoisotopic (exact) mass is 237 g/mol. The molecule has 88 valence electrons. The Balaban J connectivity index is 2.32. The van der Waals surface area contributed by atoms with E-state index in [1.807, 2.05) is 6.26 Å². The number of aromatic nitrogens is 2. The highest BCUT2D eigenvalue weighted by Crippen LogP contribution is 2.29. The normalized spacial score (nSPS) is 17.7. The van der Waals surface area contributed by atoms with Crippen LogP contribution in [-0.2, 0) is 0 Å². The zero-order valence-electron chi connectivity index (χ0n) is 10.2. The topological polar surface area (TPSA) is 37.8 Å². The molecule has 2 rings (SSSR count). The van der Waals surface area contributed by atoms with E-state index in [0.717, 1.165) is 18.2 Å². The van der Waals surface area contributed by atoms with E-state index in [1.165, 1.54) is 29.8 Å². The number of nitrogens with one attached hydrogen (secondary N) is 1. The van der Waals surface area contributed by atoms with Crippen molar-refractivity contribution in [3.8, 4) is 0 Å². The highest BCUT2D eigenvalue weighted by Gasteiger charge is 2.20. The average molecular weight is 237 g/mol. The minimum Gasteiger partial charge on any atom is -0.317 e. The molecule has 0 bridgehead atoms. The second-order valence-electron chi connectivity index (χ2n) is 4.32. The number of nitrogens with zero attached hydrogens (tertiary/aromatic N) is 2. The largest absolute Gasteiger partial charge is 0.317 e. The third-order valence-corrected chi connectivity index (χ3v) is 3.78. The van der Waals surface area contributed by atoms with Gasteiger partial charge in [-0.05, 0) is 57.5 Å². The molecule has 1 saturated heterocycles. The molecule has 0 spiro atoms. The van der Waals surface area contributed by atoms with Crippen molar-refractivity contribution in [2.75, 3.05) is 19.3 Å². The summed E-state index contributed by atoms with van der Waals surface area (Å²) in [5, 5.41) is 4.30. The first-order chi connectivity index (χ1) is 7.72. The van der Waals surface area contributed by atoms with E-state index in [0.29, 0.717) is 5.92 Å². The molecule has 0 radical (unpaired) electrons. The van der Waals surface area contributed by atoms with Gasteiger partial charge in [-0.3, -0.25) is 0 Å². The van der Waals surface area contributed by atoms with Crippen molar-refractivity contribution in [2.45, 2.75) is 37.8 Å². The zero-order chi connectivity index (χ0) is 11.5. The third-order valence-electron chi connectivity index (χ3n) is 3.24. The molecule has 0 atom stereocenters. The zero-order valence-corrected chi connectivity index (χ0v) is 11.0. The molecular weight excluding hydrogens is 218 g/mol. The Bertz CT molecular complexity index is 350. The van der Waals surface area contributed by atoms with Crippen LogP contribution in [0.4, 0.5) is 0 Å². The lowest BCUT2D eigenvalue weighted by molar-refractivity contribution is 0.454. The van der Waals surface area contributed by atoms with Crippen LogP contribution in [0.1, 0.15) is 35.7 Å². The van der Waals surface area contributed by atoms with Crippen LogP contribution in [0, 0.1) is 13.8 Å². The molecule has 1 aliphatic heterocycles. The molecule has 0 unspecified atom stereocenters. The Labute approximate surface area is 101 Å². The van der Waals surface area contributed by atoms with Crippen molar-refractivity contribution in [1.29, 1.82) is 0 Å². The summed E-state index contributed by atoms with van der Waals surface area (Å²) in [4.78, 5) is 9.12. The number of piperidine rings is 1. The lowest BCUT2D eigenvalue weighted by Crippen LogP contribution is -2.27. The predicted molar refractivity (Wildman–Crippen MR) is 68.1 cm³/mol. The summed E-state index contributed by atoms with van der Waals surface area (Å²) >= 11 is 1.62. The van der Waals surface area contributed by atoms with Crippen molar-refractivity contribution in [2.24, 2.45) is 0 Å². The summed E-state index contributed by atoms with van der Waals surface area (Å²) < 4.78 is 0. The maximum Gasteiger partial charge on any atom is 0.187 e. The fourth-order valence-electron chi connectivity index (χ4n) is 2.49. The Kier molecular flexibility index (Phi) is 3.82. The Morgan fingerprint density at radius 3 is 2.19 bits per heavy atom. The van der Waals surface area contributed by atoms with Gasteiger partial charge in [0.2, 0.25) is 0 Å². The number of aryl methyl sites for hydroxylation is 2. The molecular formula is C12H19N3S. The van der Waals surface area contributed by atoms with Gasteiger partial charge in [-0.25, -0.2) is 9.97 Å². The van der Waals surface area contributed by atoms with Crippen LogP contribution in [-0.4, -0.2) is 29.3 Å². The number of hydrogen-bond donors (Lipinski definition) is 1. The van der Waals surface area contributed by atoms with Gasteiger partial charge in [0.25, 0.3) is 0 Å². The number of rotatable bonds is 2. The van der Waals surface area contributed by atoms with E-state index in [4.69, 9.17) is 0 Å². The summed E-state index contributed by atoms with van der Waals surface area (Å²) in [7, 11) is 0. The smallest absolute Gasteiger partial charge is 0.187 e. The summed E-state index contributed by atoms with van der Waals surface area (Å²) in [6, 6.07) is 0. The van der Waals surface area contributed by atoms with Gasteiger partial charge in [0, 0.05) is 11.4 Å². The summed E-state index contributed by atoms with van der Waals surface area (Å²) in [6.45, 7) is 6.47. The van der Waals surface area contributed by atoms with Crippen LogP contribution in [0.2, 0.25) is 0 Å². The van der Waals surface area contributed by atoms with Gasteiger partial charge in [-0.1, -0.05) is 11.8 Å². The van der Waals surface area contributed by atoms with Gasteiger partial charge in [0.05, 0.1) is 0 Å². The SMILES string of the molecule is CSc1nc(C)c(C2CCNCC2)c(C)n1. The Morgan fingerprint density at radius 1 is 1.12 bits per heavy atom. The van der Waals surface area contributed by atoms with E-state index < -0.39 is 0 Å². The van der Waals surface area contributed by atoms with Crippen molar-refractivity contribution >= 4 is 11.8 Å². The van der Waals surface area contributed by atoms with E-state index >= 15 is 0 Å². The van der Waals surface area contributed by atoms with Crippen molar-refractivity contribution < 1.29 is 0 Å². The van der Waals surface area contributed by atoms with Crippen LogP contribution in [0.5, 0.6) is 0 Å². The quantitative estimate of drug-likeness (QED) is 0.632. The molecule has 0 aliphatic carbocycles. The molecule has 0 amide bonds. The molecule has 1 aliphatic rings.